The van der Waals surface area contributed by atoms with Crippen LogP contribution in [0.15, 0.2) is 53.7 Å². The Morgan fingerprint density at radius 2 is 2.12 bits per heavy atom. The maximum absolute atomic E-state index is 5.39. The first-order chi connectivity index (χ1) is 15.8. The zero-order valence-corrected chi connectivity index (χ0v) is 21.7. The maximum atomic E-state index is 5.39. The van der Waals surface area contributed by atoms with E-state index in [-0.39, 0.29) is 24.0 Å². The number of piperidine rings is 1. The number of aliphatic imine (C=N–C) groups is 1. The zero-order valence-electron chi connectivity index (χ0n) is 19.4. The Bertz CT molecular complexity index is 1040. The van der Waals surface area contributed by atoms with Crippen LogP contribution in [0.4, 0.5) is 5.69 Å². The van der Waals surface area contributed by atoms with Gasteiger partial charge in [-0.3, -0.25) is 9.39 Å². The Morgan fingerprint density at radius 1 is 1.21 bits per heavy atom. The van der Waals surface area contributed by atoms with Crippen LogP contribution in [0, 0.1) is 0 Å². The zero-order chi connectivity index (χ0) is 22.2. The molecule has 1 aliphatic rings. The van der Waals surface area contributed by atoms with E-state index in [0.29, 0.717) is 6.04 Å². The number of guanidine groups is 1. The molecule has 1 saturated heterocycles. The van der Waals surface area contributed by atoms with Crippen molar-refractivity contribution in [3.05, 3.63) is 54.5 Å². The number of hydrogen-bond donors (Lipinski definition) is 2. The Balaban J connectivity index is 0.00000306. The minimum Gasteiger partial charge on any atom is -0.497 e. The van der Waals surface area contributed by atoms with Crippen molar-refractivity contribution < 1.29 is 4.74 Å². The summed E-state index contributed by atoms with van der Waals surface area (Å²) in [5.74, 6) is 2.76. The SMILES string of the molecule is CCNC(=NCCCc1nnc2ccccn12)NC1CCCN(c2cccc(OC)c2)C1.I. The number of hydrogen-bond acceptors (Lipinski definition) is 5. The average molecular weight is 563 g/mol. The Kier molecular flexibility index (Phi) is 9.59. The summed E-state index contributed by atoms with van der Waals surface area (Å²) in [4.78, 5) is 7.23. The van der Waals surface area contributed by atoms with Crippen LogP contribution in [0.1, 0.15) is 32.0 Å². The van der Waals surface area contributed by atoms with Crippen molar-refractivity contribution in [2.75, 3.05) is 38.2 Å². The van der Waals surface area contributed by atoms with E-state index >= 15 is 0 Å². The quantitative estimate of drug-likeness (QED) is 0.189. The third-order valence-corrected chi connectivity index (χ3v) is 5.74. The number of rotatable bonds is 8. The molecule has 0 amide bonds. The lowest BCUT2D eigenvalue weighted by atomic mass is 10.0. The van der Waals surface area contributed by atoms with Crippen LogP contribution in [0.25, 0.3) is 5.65 Å². The van der Waals surface area contributed by atoms with Crippen LogP contribution >= 0.6 is 24.0 Å². The second-order valence-corrected chi connectivity index (χ2v) is 8.04. The summed E-state index contributed by atoms with van der Waals surface area (Å²) in [6.45, 7) is 5.69. The maximum Gasteiger partial charge on any atom is 0.191 e. The number of nitrogens with zero attached hydrogens (tertiary/aromatic N) is 5. The predicted molar refractivity (Wildman–Crippen MR) is 144 cm³/mol. The molecular weight excluding hydrogens is 529 g/mol. The van der Waals surface area contributed by atoms with E-state index in [9.17, 15) is 0 Å². The molecule has 178 valence electrons. The van der Waals surface area contributed by atoms with Gasteiger partial charge in [-0.1, -0.05) is 12.1 Å². The van der Waals surface area contributed by atoms with Gasteiger partial charge in [0.2, 0.25) is 0 Å². The molecule has 2 N–H and O–H groups in total. The van der Waals surface area contributed by atoms with E-state index in [1.807, 2.05) is 34.9 Å². The highest BCUT2D eigenvalue weighted by molar-refractivity contribution is 14.0. The number of pyridine rings is 1. The molecule has 3 aromatic rings. The van der Waals surface area contributed by atoms with E-state index in [2.05, 4.69) is 50.9 Å². The van der Waals surface area contributed by atoms with Crippen LogP contribution in [0.2, 0.25) is 0 Å². The normalized spacial score (nSPS) is 16.4. The van der Waals surface area contributed by atoms with Crippen molar-refractivity contribution in [1.29, 1.82) is 0 Å². The van der Waals surface area contributed by atoms with Crippen molar-refractivity contribution in [3.63, 3.8) is 0 Å². The Hall–Kier alpha value is -2.56. The van der Waals surface area contributed by atoms with E-state index in [0.717, 1.165) is 75.0 Å². The van der Waals surface area contributed by atoms with Gasteiger partial charge in [-0.15, -0.1) is 34.2 Å². The second-order valence-electron chi connectivity index (χ2n) is 8.04. The lowest BCUT2D eigenvalue weighted by Gasteiger charge is -2.35. The molecule has 0 aliphatic carbocycles. The summed E-state index contributed by atoms with van der Waals surface area (Å²) in [5.41, 5.74) is 2.09. The number of fused-ring (bicyclic) bond motifs is 1. The largest absolute Gasteiger partial charge is 0.497 e. The van der Waals surface area contributed by atoms with Crippen molar-refractivity contribution >= 4 is 41.3 Å². The first kappa shape index (κ1) is 25.1. The van der Waals surface area contributed by atoms with Crippen LogP contribution in [-0.4, -0.2) is 59.9 Å². The number of methoxy groups -OCH3 is 1. The smallest absolute Gasteiger partial charge is 0.191 e. The first-order valence-corrected chi connectivity index (χ1v) is 11.5. The van der Waals surface area contributed by atoms with Crippen LogP contribution < -0.4 is 20.3 Å². The molecule has 1 fully saturated rings. The third kappa shape index (κ3) is 6.72. The second kappa shape index (κ2) is 12.6. The van der Waals surface area contributed by atoms with Gasteiger partial charge in [-0.2, -0.15) is 0 Å². The molecule has 0 saturated carbocycles. The summed E-state index contributed by atoms with van der Waals surface area (Å²) in [6.07, 6.45) is 6.07. The molecular formula is C24H34IN7O. The van der Waals surface area contributed by atoms with Gasteiger partial charge in [-0.25, -0.2) is 0 Å². The van der Waals surface area contributed by atoms with E-state index in [4.69, 9.17) is 9.73 Å². The molecule has 1 atom stereocenters. The Morgan fingerprint density at radius 3 is 2.97 bits per heavy atom. The molecule has 9 heteroatoms. The van der Waals surface area contributed by atoms with Gasteiger partial charge in [0.1, 0.15) is 11.6 Å². The molecule has 0 radical (unpaired) electrons. The fourth-order valence-corrected chi connectivity index (χ4v) is 4.14. The molecule has 1 unspecified atom stereocenters. The van der Waals surface area contributed by atoms with Gasteiger partial charge in [0, 0.05) is 56.6 Å². The molecule has 4 rings (SSSR count). The highest BCUT2D eigenvalue weighted by atomic mass is 127. The average Bonchev–Trinajstić information content (AvgIpc) is 3.25. The molecule has 1 aliphatic heterocycles. The van der Waals surface area contributed by atoms with Crippen molar-refractivity contribution in [2.24, 2.45) is 4.99 Å². The predicted octanol–water partition coefficient (Wildman–Crippen LogP) is 3.51. The Labute approximate surface area is 212 Å². The molecule has 0 spiro atoms. The number of benzene rings is 1. The standard InChI is InChI=1S/C24H33N7O.HI/c1-3-25-24(26-14-7-13-23-29-28-22-12-4-5-16-31(22)23)27-19-9-8-15-30(18-19)20-10-6-11-21(17-20)32-2;/h4-6,10-12,16-17,19H,3,7-9,13-15,18H2,1-2H3,(H2,25,26,27);1H. The van der Waals surface area contributed by atoms with Gasteiger partial charge in [0.15, 0.2) is 11.6 Å². The van der Waals surface area contributed by atoms with Gasteiger partial charge in [0.25, 0.3) is 0 Å². The highest BCUT2D eigenvalue weighted by Gasteiger charge is 2.21. The van der Waals surface area contributed by atoms with Crippen molar-refractivity contribution in [3.8, 4) is 5.75 Å². The van der Waals surface area contributed by atoms with E-state index < -0.39 is 0 Å². The summed E-state index contributed by atoms with van der Waals surface area (Å²) >= 11 is 0. The number of anilines is 1. The number of aryl methyl sites for hydroxylation is 1. The summed E-state index contributed by atoms with van der Waals surface area (Å²) < 4.78 is 7.44. The van der Waals surface area contributed by atoms with Gasteiger partial charge < -0.3 is 20.3 Å². The fraction of sp³-hybridized carbons (Fsp3) is 0.458. The first-order valence-electron chi connectivity index (χ1n) is 11.5. The van der Waals surface area contributed by atoms with Crippen molar-refractivity contribution in [2.45, 2.75) is 38.6 Å². The minimum absolute atomic E-state index is 0. The number of halogens is 1. The number of aromatic nitrogens is 3. The summed E-state index contributed by atoms with van der Waals surface area (Å²) in [5, 5.41) is 15.6. The molecule has 8 nitrogen and oxygen atoms in total. The monoisotopic (exact) mass is 563 g/mol. The molecule has 0 bridgehead atoms. The highest BCUT2D eigenvalue weighted by Crippen LogP contribution is 2.24. The van der Waals surface area contributed by atoms with Gasteiger partial charge in [-0.05, 0) is 50.5 Å². The van der Waals surface area contributed by atoms with Crippen LogP contribution in [0.5, 0.6) is 5.75 Å². The van der Waals surface area contributed by atoms with Crippen LogP contribution in [0.3, 0.4) is 0 Å². The number of ether oxygens (including phenoxy) is 1. The lowest BCUT2D eigenvalue weighted by Crippen LogP contribution is -2.51. The van der Waals surface area contributed by atoms with E-state index in [1.165, 1.54) is 5.69 Å². The fourth-order valence-electron chi connectivity index (χ4n) is 4.14. The van der Waals surface area contributed by atoms with Crippen LogP contribution in [-0.2, 0) is 6.42 Å². The third-order valence-electron chi connectivity index (χ3n) is 5.74. The minimum atomic E-state index is 0. The molecule has 2 aromatic heterocycles. The van der Waals surface area contributed by atoms with Crippen molar-refractivity contribution in [1.82, 2.24) is 25.2 Å². The summed E-state index contributed by atoms with van der Waals surface area (Å²) in [7, 11) is 1.71. The number of nitrogens with one attached hydrogen (secondary N) is 2. The summed E-state index contributed by atoms with van der Waals surface area (Å²) in [6, 6.07) is 14.6. The van der Waals surface area contributed by atoms with Gasteiger partial charge >= 0.3 is 0 Å². The van der Waals surface area contributed by atoms with E-state index in [1.54, 1.807) is 7.11 Å². The van der Waals surface area contributed by atoms with Gasteiger partial charge in [0.05, 0.1) is 7.11 Å². The lowest BCUT2D eigenvalue weighted by molar-refractivity contribution is 0.414. The molecule has 1 aromatic carbocycles. The molecule has 3 heterocycles. The topological polar surface area (TPSA) is 79.1 Å². The molecule has 33 heavy (non-hydrogen) atoms.